The Morgan fingerprint density at radius 3 is 1.40 bits per heavy atom. The number of esters is 2. The number of carbonyl (C=O) groups excluding carboxylic acids is 2. The first-order chi connectivity index (χ1) is 28.4. The van der Waals surface area contributed by atoms with E-state index in [4.69, 9.17) is 23.7 Å². The third-order valence-electron chi connectivity index (χ3n) is 10.0. The summed E-state index contributed by atoms with van der Waals surface area (Å²) >= 11 is 0. The fourth-order valence-corrected chi connectivity index (χ4v) is 5.46. The van der Waals surface area contributed by atoms with Crippen molar-refractivity contribution in [3.63, 3.8) is 0 Å². The molecule has 0 atom stereocenters. The fraction of sp³-hybridized carbons (Fsp3) is 0.737. The average molecular weight is 955 g/mol. The highest BCUT2D eigenvalue weighted by molar-refractivity contribution is 5.87. The largest absolute Gasteiger partial charge is 0.494 e. The highest BCUT2D eigenvalue weighted by atomic mass is 19.4. The second kappa shape index (κ2) is 20.3. The molecule has 1 saturated carbocycles. The Labute approximate surface area is 348 Å². The lowest BCUT2D eigenvalue weighted by Gasteiger charge is -2.36. The van der Waals surface area contributed by atoms with E-state index < -0.39 is 117 Å². The van der Waals surface area contributed by atoms with Gasteiger partial charge in [-0.25, -0.2) is 4.79 Å². The maximum Gasteiger partial charge on any atom is 0.460 e. The molecule has 0 unspecified atom stereocenters. The Kier molecular flexibility index (Phi) is 17.8. The van der Waals surface area contributed by atoms with Gasteiger partial charge in [0.25, 0.3) is 0 Å². The molecule has 0 bridgehead atoms. The van der Waals surface area contributed by atoms with E-state index in [-0.39, 0.29) is 17.8 Å². The van der Waals surface area contributed by atoms with Crippen LogP contribution in [0.25, 0.3) is 6.08 Å². The van der Waals surface area contributed by atoms with E-state index in [2.05, 4.69) is 0 Å². The van der Waals surface area contributed by atoms with E-state index in [0.717, 1.165) is 6.08 Å². The summed E-state index contributed by atoms with van der Waals surface area (Å²) in [7, 11) is 0. The quantitative estimate of drug-likeness (QED) is 0.0355. The first-order valence-corrected chi connectivity index (χ1v) is 18.9. The molecule has 1 fully saturated rings. The van der Waals surface area contributed by atoms with Gasteiger partial charge in [0.15, 0.2) is 5.79 Å². The topological polar surface area (TPSA) is 80.3 Å². The maximum atomic E-state index is 14.1. The van der Waals surface area contributed by atoms with Crippen LogP contribution in [0.3, 0.4) is 0 Å². The highest BCUT2D eigenvalue weighted by Gasteiger charge is 2.82. The third-order valence-corrected chi connectivity index (χ3v) is 10.0. The SMILES string of the molecule is CCC(C)(C)C(=O)O[C@H]1CC[C@H](OC(=O)/C=C/c2ccc(OCCCC(C)(OCCC(F)(F)C(F)(F)C(F)(F)C(F)(F)F)OCCC(F)(F)C(F)(F)C(F)(F)C(F)(F)F)cc2)CC1. The van der Waals surface area contributed by atoms with E-state index in [1.54, 1.807) is 13.8 Å². The van der Waals surface area contributed by atoms with Crippen LogP contribution in [0.1, 0.15) is 91.0 Å². The molecule has 0 spiro atoms. The number of rotatable bonds is 23. The summed E-state index contributed by atoms with van der Waals surface area (Å²) in [4.78, 5) is 24.7. The van der Waals surface area contributed by atoms with Crippen molar-refractivity contribution in [2.45, 2.75) is 151 Å². The van der Waals surface area contributed by atoms with Crippen molar-refractivity contribution in [2.75, 3.05) is 19.8 Å². The Morgan fingerprint density at radius 1 is 0.587 bits per heavy atom. The number of hydrogen-bond donors (Lipinski definition) is 0. The molecule has 63 heavy (non-hydrogen) atoms. The average Bonchev–Trinajstić information content (AvgIpc) is 3.15. The lowest BCUT2D eigenvalue weighted by molar-refractivity contribution is -0.399. The fourth-order valence-electron chi connectivity index (χ4n) is 5.46. The van der Waals surface area contributed by atoms with Gasteiger partial charge in [0, 0.05) is 25.3 Å². The van der Waals surface area contributed by atoms with Crippen molar-refractivity contribution in [3.8, 4) is 5.75 Å². The van der Waals surface area contributed by atoms with E-state index in [1.807, 2.05) is 6.92 Å². The summed E-state index contributed by atoms with van der Waals surface area (Å²) in [5, 5.41) is 0. The Balaban J connectivity index is 2.05. The molecule has 1 aromatic rings. The van der Waals surface area contributed by atoms with Crippen LogP contribution < -0.4 is 4.74 Å². The van der Waals surface area contributed by atoms with Gasteiger partial charge in [-0.1, -0.05) is 19.1 Å². The number of alkyl halides is 18. The second-order valence-corrected chi connectivity index (χ2v) is 15.4. The number of benzene rings is 1. The van der Waals surface area contributed by atoms with Gasteiger partial charge in [0.05, 0.1) is 25.2 Å². The van der Waals surface area contributed by atoms with Crippen molar-refractivity contribution in [3.05, 3.63) is 35.9 Å². The molecule has 1 aliphatic rings. The van der Waals surface area contributed by atoms with Gasteiger partial charge in [-0.05, 0) is 83.1 Å². The molecule has 1 aromatic carbocycles. The summed E-state index contributed by atoms with van der Waals surface area (Å²) in [6.07, 6.45) is -16.6. The molecule has 1 aliphatic carbocycles. The maximum absolute atomic E-state index is 14.1. The van der Waals surface area contributed by atoms with Crippen LogP contribution in [0.2, 0.25) is 0 Å². The number of carbonyl (C=O) groups is 2. The Bertz CT molecular complexity index is 1610. The van der Waals surface area contributed by atoms with Gasteiger partial charge in [0.2, 0.25) is 0 Å². The van der Waals surface area contributed by atoms with Crippen molar-refractivity contribution in [2.24, 2.45) is 5.41 Å². The van der Waals surface area contributed by atoms with E-state index >= 15 is 0 Å². The smallest absolute Gasteiger partial charge is 0.460 e. The molecule has 7 nitrogen and oxygen atoms in total. The molecule has 0 heterocycles. The summed E-state index contributed by atoms with van der Waals surface area (Å²) in [5.41, 5.74) is -0.196. The summed E-state index contributed by atoms with van der Waals surface area (Å²) in [6.45, 7) is 1.69. The predicted molar refractivity (Wildman–Crippen MR) is 184 cm³/mol. The Hall–Kier alpha value is -3.64. The summed E-state index contributed by atoms with van der Waals surface area (Å²) in [6, 6.07) is 5.56. The van der Waals surface area contributed by atoms with Crippen LogP contribution in [0.15, 0.2) is 30.3 Å². The predicted octanol–water partition coefficient (Wildman–Crippen LogP) is 12.2. The summed E-state index contributed by atoms with van der Waals surface area (Å²) in [5.74, 6) is -44.8. The highest BCUT2D eigenvalue weighted by Crippen LogP contribution is 2.55. The lowest BCUT2D eigenvalue weighted by atomic mass is 9.90. The minimum absolute atomic E-state index is 0.0815. The first kappa shape index (κ1) is 55.5. The van der Waals surface area contributed by atoms with Crippen LogP contribution in [-0.2, 0) is 28.5 Å². The molecule has 0 saturated heterocycles. The monoisotopic (exact) mass is 954 g/mol. The minimum Gasteiger partial charge on any atom is -0.494 e. The number of ether oxygens (including phenoxy) is 5. The van der Waals surface area contributed by atoms with E-state index in [9.17, 15) is 88.6 Å². The number of hydrogen-bond acceptors (Lipinski definition) is 7. The zero-order valence-corrected chi connectivity index (χ0v) is 33.8. The summed E-state index contributed by atoms with van der Waals surface area (Å²) < 4.78 is 265. The lowest BCUT2D eigenvalue weighted by Crippen LogP contribution is -2.61. The first-order valence-electron chi connectivity index (χ1n) is 18.9. The van der Waals surface area contributed by atoms with Gasteiger partial charge in [-0.15, -0.1) is 0 Å². The van der Waals surface area contributed by atoms with Crippen LogP contribution in [0.5, 0.6) is 5.75 Å². The zero-order chi connectivity index (χ0) is 48.7. The molecule has 0 aliphatic heterocycles. The molecule has 364 valence electrons. The van der Waals surface area contributed by atoms with Crippen LogP contribution in [0, 0.1) is 5.41 Å². The number of halogens is 18. The second-order valence-electron chi connectivity index (χ2n) is 15.4. The van der Waals surface area contributed by atoms with Gasteiger partial charge in [0.1, 0.15) is 18.0 Å². The standard InChI is InChI=1S/C38H44F18O7/c1-5-29(2,3)28(58)63-26-14-12-25(13-15-26)62-27(57)16-9-23-7-10-24(11-8-23)59-20-6-17-30(4,60-21-18-31(39,40)33(43,44)35(47,48)37(51,52)53)61-22-19-32(41,42)34(45,46)36(49,50)38(54,55)56/h7-11,16,25-26H,5-6,12-15,17-22H2,1-4H3/b16-9+/t25-,26-. The molecule has 0 aromatic heterocycles. The minimum atomic E-state index is -7.29. The van der Waals surface area contributed by atoms with E-state index in [0.29, 0.717) is 44.6 Å². The van der Waals surface area contributed by atoms with E-state index in [1.165, 1.54) is 30.3 Å². The van der Waals surface area contributed by atoms with Crippen molar-refractivity contribution in [1.29, 1.82) is 0 Å². The molecule has 0 amide bonds. The molecule has 0 N–H and O–H groups in total. The molecular formula is C38H44F18O7. The normalized spacial score (nSPS) is 18.1. The van der Waals surface area contributed by atoms with Crippen molar-refractivity contribution < 1.29 is 112 Å². The van der Waals surface area contributed by atoms with Gasteiger partial charge < -0.3 is 23.7 Å². The van der Waals surface area contributed by atoms with Crippen LogP contribution in [-0.4, -0.2) is 97.6 Å². The van der Waals surface area contributed by atoms with Gasteiger partial charge in [-0.2, -0.15) is 79.0 Å². The Morgan fingerprint density at radius 2 is 1.00 bits per heavy atom. The third kappa shape index (κ3) is 13.7. The van der Waals surface area contributed by atoms with Crippen molar-refractivity contribution in [1.82, 2.24) is 0 Å². The van der Waals surface area contributed by atoms with Crippen LogP contribution in [0.4, 0.5) is 79.0 Å². The van der Waals surface area contributed by atoms with Crippen molar-refractivity contribution >= 4 is 18.0 Å². The van der Waals surface area contributed by atoms with Crippen LogP contribution >= 0.6 is 0 Å². The molecule has 2 rings (SSSR count). The molecular weight excluding hydrogens is 910 g/mol. The van der Waals surface area contributed by atoms with Gasteiger partial charge >= 0.3 is 59.8 Å². The van der Waals surface area contributed by atoms with Gasteiger partial charge in [-0.3, -0.25) is 4.79 Å². The molecule has 0 radical (unpaired) electrons. The molecule has 25 heteroatoms. The zero-order valence-electron chi connectivity index (χ0n) is 33.8.